The fourth-order valence-electron chi connectivity index (χ4n) is 2.07. The summed E-state index contributed by atoms with van der Waals surface area (Å²) in [5, 5.41) is 0. The first-order valence-electron chi connectivity index (χ1n) is 6.30. The number of rotatable bonds is 4. The third kappa shape index (κ3) is 3.26. The molecule has 0 aliphatic rings. The van der Waals surface area contributed by atoms with Crippen molar-refractivity contribution in [3.63, 3.8) is 0 Å². The van der Waals surface area contributed by atoms with Crippen molar-refractivity contribution >= 4 is 17.4 Å². The van der Waals surface area contributed by atoms with Gasteiger partial charge < -0.3 is 10.5 Å². The number of ether oxygens (including phenoxy) is 1. The van der Waals surface area contributed by atoms with Gasteiger partial charge in [0.05, 0.1) is 17.7 Å². The zero-order chi connectivity index (χ0) is 15.6. The topological polar surface area (TPSA) is 48.1 Å². The van der Waals surface area contributed by atoms with Crippen LogP contribution in [-0.4, -0.2) is 12.1 Å². The molecule has 0 saturated carbocycles. The van der Waals surface area contributed by atoms with E-state index in [0.29, 0.717) is 5.75 Å². The lowest BCUT2D eigenvalue weighted by Crippen LogP contribution is -1.99. The van der Waals surface area contributed by atoms with Crippen LogP contribution in [0.25, 0.3) is 0 Å². The molecule has 0 unspecified atom stereocenters. The van der Waals surface area contributed by atoms with Crippen LogP contribution in [0.5, 0.6) is 5.75 Å². The van der Waals surface area contributed by atoms with E-state index in [1.54, 1.807) is 13.3 Å². The molecule has 2 aromatic rings. The van der Waals surface area contributed by atoms with Gasteiger partial charge in [-0.2, -0.15) is 0 Å². The second kappa shape index (κ2) is 6.30. The number of pyridine rings is 1. The summed E-state index contributed by atoms with van der Waals surface area (Å²) < 4.78 is 32.8. The van der Waals surface area contributed by atoms with E-state index < -0.39 is 11.6 Å². The van der Waals surface area contributed by atoms with Crippen molar-refractivity contribution in [2.45, 2.75) is 24.5 Å². The number of methoxy groups -OCH3 is 1. The Labute approximate surface area is 126 Å². The highest BCUT2D eigenvalue weighted by Gasteiger charge is 2.14. The van der Waals surface area contributed by atoms with Gasteiger partial charge in [-0.15, -0.1) is 11.8 Å². The Bertz CT molecular complexity index is 654. The van der Waals surface area contributed by atoms with Gasteiger partial charge in [-0.1, -0.05) is 0 Å². The Morgan fingerprint density at radius 1 is 1.24 bits per heavy atom. The third-order valence-electron chi connectivity index (χ3n) is 3.12. The van der Waals surface area contributed by atoms with E-state index in [0.717, 1.165) is 46.5 Å². The molecule has 0 amide bonds. The lowest BCUT2D eigenvalue weighted by atomic mass is 10.1. The number of nitrogen functional groups attached to an aromatic ring is 1. The Kier molecular flexibility index (Phi) is 4.67. The van der Waals surface area contributed by atoms with Crippen molar-refractivity contribution in [1.82, 2.24) is 4.98 Å². The normalized spacial score (nSPS) is 10.7. The minimum absolute atomic E-state index is 0.0510. The molecule has 0 saturated heterocycles. The van der Waals surface area contributed by atoms with E-state index in [-0.39, 0.29) is 10.6 Å². The van der Waals surface area contributed by atoms with E-state index in [1.165, 1.54) is 0 Å². The van der Waals surface area contributed by atoms with Crippen LogP contribution in [0, 0.1) is 25.5 Å². The number of nitrogens with two attached hydrogens (primary N) is 1. The van der Waals surface area contributed by atoms with E-state index in [9.17, 15) is 8.78 Å². The molecule has 0 fully saturated rings. The highest BCUT2D eigenvalue weighted by Crippen LogP contribution is 2.32. The number of halogens is 2. The van der Waals surface area contributed by atoms with Crippen LogP contribution in [0.4, 0.5) is 14.5 Å². The number of anilines is 1. The minimum atomic E-state index is -0.658. The van der Waals surface area contributed by atoms with Gasteiger partial charge in [-0.05, 0) is 26.0 Å². The monoisotopic (exact) mass is 310 g/mol. The fourth-order valence-corrected chi connectivity index (χ4v) is 3.04. The summed E-state index contributed by atoms with van der Waals surface area (Å²) in [4.78, 5) is 4.26. The molecule has 21 heavy (non-hydrogen) atoms. The summed E-state index contributed by atoms with van der Waals surface area (Å²) in [5.41, 5.74) is 8.00. The quantitative estimate of drug-likeness (QED) is 0.688. The van der Waals surface area contributed by atoms with Gasteiger partial charge >= 0.3 is 0 Å². The van der Waals surface area contributed by atoms with Crippen LogP contribution < -0.4 is 10.5 Å². The molecule has 0 radical (unpaired) electrons. The van der Waals surface area contributed by atoms with Gasteiger partial charge in [-0.25, -0.2) is 8.78 Å². The predicted octanol–water partition coefficient (Wildman–Crippen LogP) is 3.86. The Morgan fingerprint density at radius 3 is 2.43 bits per heavy atom. The fraction of sp³-hybridized carbons (Fsp3) is 0.267. The van der Waals surface area contributed by atoms with Crippen molar-refractivity contribution in [2.24, 2.45) is 0 Å². The number of hydrogen-bond donors (Lipinski definition) is 1. The molecule has 2 rings (SSSR count). The van der Waals surface area contributed by atoms with Gasteiger partial charge in [0, 0.05) is 28.8 Å². The van der Waals surface area contributed by atoms with E-state index in [4.69, 9.17) is 10.5 Å². The molecule has 6 heteroatoms. The number of aromatic nitrogens is 1. The molecule has 1 heterocycles. The van der Waals surface area contributed by atoms with Crippen LogP contribution in [0.1, 0.15) is 16.8 Å². The molecule has 0 aliphatic heterocycles. The number of nitrogens with zero attached hydrogens (tertiary/aromatic N) is 1. The number of hydrogen-bond acceptors (Lipinski definition) is 4. The zero-order valence-electron chi connectivity index (χ0n) is 12.0. The maximum atomic E-state index is 13.7. The summed E-state index contributed by atoms with van der Waals surface area (Å²) in [7, 11) is 1.59. The number of thioether (sulfide) groups is 1. The first kappa shape index (κ1) is 15.6. The lowest BCUT2D eigenvalue weighted by molar-refractivity contribution is 0.407. The summed E-state index contributed by atoms with van der Waals surface area (Å²) in [6.45, 7) is 3.78. The molecular formula is C15H16F2N2OS. The highest BCUT2D eigenvalue weighted by molar-refractivity contribution is 7.98. The molecule has 0 aliphatic carbocycles. The van der Waals surface area contributed by atoms with E-state index >= 15 is 0 Å². The summed E-state index contributed by atoms with van der Waals surface area (Å²) in [6, 6.07) is 2.23. The summed E-state index contributed by atoms with van der Waals surface area (Å²) in [5.74, 6) is -0.220. The molecule has 0 bridgehead atoms. The van der Waals surface area contributed by atoms with Crippen molar-refractivity contribution in [3.8, 4) is 5.75 Å². The van der Waals surface area contributed by atoms with Crippen molar-refractivity contribution in [1.29, 1.82) is 0 Å². The van der Waals surface area contributed by atoms with Crippen molar-refractivity contribution in [3.05, 3.63) is 46.8 Å². The van der Waals surface area contributed by atoms with Crippen LogP contribution in [0.2, 0.25) is 0 Å². The standard InChI is InChI=1S/C15H16F2N2OS/c1-8-6-19-13(9(2)14(8)20-3)7-21-15-11(16)4-10(18)5-12(15)17/h4-6H,7,18H2,1-3H3. The van der Waals surface area contributed by atoms with E-state index in [2.05, 4.69) is 4.98 Å². The second-order valence-corrected chi connectivity index (χ2v) is 5.63. The Morgan fingerprint density at radius 2 is 1.86 bits per heavy atom. The lowest BCUT2D eigenvalue weighted by Gasteiger charge is -2.12. The van der Waals surface area contributed by atoms with Crippen molar-refractivity contribution < 1.29 is 13.5 Å². The van der Waals surface area contributed by atoms with Gasteiger partial charge in [0.15, 0.2) is 0 Å². The second-order valence-electron chi connectivity index (χ2n) is 4.65. The summed E-state index contributed by atoms with van der Waals surface area (Å²) in [6.07, 6.45) is 1.69. The third-order valence-corrected chi connectivity index (χ3v) is 4.22. The Hall–Kier alpha value is -1.82. The molecule has 1 aromatic heterocycles. The maximum Gasteiger partial charge on any atom is 0.141 e. The minimum Gasteiger partial charge on any atom is -0.496 e. The number of aryl methyl sites for hydroxylation is 1. The van der Waals surface area contributed by atoms with Crippen LogP contribution in [0.3, 0.4) is 0 Å². The van der Waals surface area contributed by atoms with Gasteiger partial charge in [0.1, 0.15) is 17.4 Å². The van der Waals surface area contributed by atoms with Gasteiger partial charge in [0.25, 0.3) is 0 Å². The maximum absolute atomic E-state index is 13.7. The van der Waals surface area contributed by atoms with Gasteiger partial charge in [0.2, 0.25) is 0 Å². The molecule has 0 atom stereocenters. The molecule has 1 aromatic carbocycles. The van der Waals surface area contributed by atoms with Crippen LogP contribution in [0.15, 0.2) is 23.2 Å². The summed E-state index contributed by atoms with van der Waals surface area (Å²) >= 11 is 1.05. The van der Waals surface area contributed by atoms with E-state index in [1.807, 2.05) is 13.8 Å². The molecule has 3 nitrogen and oxygen atoms in total. The largest absolute Gasteiger partial charge is 0.496 e. The molecular weight excluding hydrogens is 294 g/mol. The smallest absolute Gasteiger partial charge is 0.141 e. The zero-order valence-corrected chi connectivity index (χ0v) is 12.9. The first-order valence-corrected chi connectivity index (χ1v) is 7.29. The average Bonchev–Trinajstić information content (AvgIpc) is 2.40. The predicted molar refractivity (Wildman–Crippen MR) is 80.6 cm³/mol. The molecule has 112 valence electrons. The Balaban J connectivity index is 2.25. The molecule has 2 N–H and O–H groups in total. The SMILES string of the molecule is COc1c(C)cnc(CSc2c(F)cc(N)cc2F)c1C. The average molecular weight is 310 g/mol. The van der Waals surface area contributed by atoms with Gasteiger partial charge in [-0.3, -0.25) is 4.98 Å². The van der Waals surface area contributed by atoms with Crippen LogP contribution in [-0.2, 0) is 5.75 Å². The van der Waals surface area contributed by atoms with Crippen LogP contribution >= 0.6 is 11.8 Å². The van der Waals surface area contributed by atoms with Crippen molar-refractivity contribution in [2.75, 3.05) is 12.8 Å². The first-order chi connectivity index (χ1) is 9.93. The highest BCUT2D eigenvalue weighted by atomic mass is 32.2. The number of benzene rings is 1. The molecule has 0 spiro atoms.